The van der Waals surface area contributed by atoms with E-state index in [2.05, 4.69) is 66.7 Å². The van der Waals surface area contributed by atoms with Crippen LogP contribution in [0.2, 0.25) is 0 Å². The number of anilines is 4. The highest BCUT2D eigenvalue weighted by Crippen LogP contribution is 2.32. The molecule has 8 aromatic rings. The van der Waals surface area contributed by atoms with Gasteiger partial charge in [-0.25, -0.2) is 0 Å². The first-order chi connectivity index (χ1) is 30.7. The molecular weight excluding hydrogens is 811 g/mol. The first kappa shape index (κ1) is 39.1. The van der Waals surface area contributed by atoms with Crippen LogP contribution in [0.1, 0.15) is 5.56 Å². The number of carbonyl (C=O) groups is 2. The van der Waals surface area contributed by atoms with Crippen LogP contribution >= 0.6 is 0 Å². The van der Waals surface area contributed by atoms with Crippen LogP contribution in [0.4, 0.5) is 23.3 Å². The van der Waals surface area contributed by atoms with Gasteiger partial charge in [-0.3, -0.25) is 30.0 Å². The number of hydrogen-bond acceptors (Lipinski definition) is 15. The molecule has 0 saturated carbocycles. The molecule has 320 valence electrons. The first-order valence-corrected chi connectivity index (χ1v) is 20.0. The van der Waals surface area contributed by atoms with E-state index in [0.29, 0.717) is 85.0 Å². The highest BCUT2D eigenvalue weighted by Gasteiger charge is 2.35. The van der Waals surface area contributed by atoms with E-state index < -0.39 is 5.54 Å². The number of rotatable bonds is 16. The van der Waals surface area contributed by atoms with Crippen LogP contribution < -0.4 is 35.9 Å². The van der Waals surface area contributed by atoms with Crippen molar-refractivity contribution in [1.82, 2.24) is 61.0 Å². The topological polar surface area (TPSA) is 277 Å². The predicted molar refractivity (Wildman–Crippen MR) is 230 cm³/mol. The van der Waals surface area contributed by atoms with Gasteiger partial charge in [0.1, 0.15) is 12.4 Å². The number of hydrogen-bond donors (Lipinski definition) is 8. The second kappa shape index (κ2) is 16.4. The number of nitrogens with two attached hydrogens (primary N) is 1. The first-order valence-electron chi connectivity index (χ1n) is 20.0. The largest absolute Gasteiger partial charge is 0.493 e. The highest BCUT2D eigenvalue weighted by atomic mass is 16.5. The van der Waals surface area contributed by atoms with E-state index in [9.17, 15) is 9.59 Å². The van der Waals surface area contributed by atoms with E-state index >= 15 is 0 Å². The van der Waals surface area contributed by atoms with E-state index in [0.717, 1.165) is 38.6 Å². The zero-order chi connectivity index (χ0) is 42.9. The number of fused-ring (bicyclic) bond motifs is 2. The molecule has 2 amide bonds. The van der Waals surface area contributed by atoms with Crippen LogP contribution in [0.5, 0.6) is 17.2 Å². The Balaban J connectivity index is 0.697. The monoisotopic (exact) mass is 851 g/mol. The molecule has 21 heteroatoms. The smallest absolute Gasteiger partial charge is 0.258 e. The maximum Gasteiger partial charge on any atom is 0.258 e. The van der Waals surface area contributed by atoms with E-state index in [4.69, 9.17) is 24.7 Å². The number of carbonyl (C=O) groups excluding carboxylic acids is 2. The Kier molecular flexibility index (Phi) is 10.2. The molecule has 9 N–H and O–H groups in total. The molecule has 0 spiro atoms. The van der Waals surface area contributed by atoms with Crippen molar-refractivity contribution in [2.24, 2.45) is 5.73 Å². The van der Waals surface area contributed by atoms with Crippen molar-refractivity contribution in [2.75, 3.05) is 57.3 Å². The van der Waals surface area contributed by atoms with Gasteiger partial charge in [-0.2, -0.15) is 20.2 Å². The number of benzene rings is 4. The summed E-state index contributed by atoms with van der Waals surface area (Å²) in [5.41, 5.74) is 11.2. The third-order valence-electron chi connectivity index (χ3n) is 10.7. The minimum absolute atomic E-state index is 0.0877. The van der Waals surface area contributed by atoms with Crippen LogP contribution in [0.25, 0.3) is 44.6 Å². The van der Waals surface area contributed by atoms with Gasteiger partial charge < -0.3 is 45.5 Å². The zero-order valence-corrected chi connectivity index (χ0v) is 33.8. The van der Waals surface area contributed by atoms with Crippen LogP contribution in [0, 0.1) is 0 Å². The van der Waals surface area contributed by atoms with Crippen LogP contribution in [-0.4, -0.2) is 126 Å². The molecule has 2 fully saturated rings. The van der Waals surface area contributed by atoms with Crippen LogP contribution in [-0.2, 0) is 20.7 Å². The quantitative estimate of drug-likeness (QED) is 0.0690. The Labute approximate surface area is 357 Å². The summed E-state index contributed by atoms with van der Waals surface area (Å²) in [6.07, 6.45) is 3.56. The molecule has 6 heterocycles. The van der Waals surface area contributed by atoms with Crippen molar-refractivity contribution in [3.63, 3.8) is 0 Å². The molecule has 0 bridgehead atoms. The number of nitrogens with one attached hydrogen (secondary N) is 7. The summed E-state index contributed by atoms with van der Waals surface area (Å²) in [4.78, 5) is 37.2. The Morgan fingerprint density at radius 3 is 2.29 bits per heavy atom. The molecule has 2 aliphatic heterocycles. The molecule has 4 aromatic carbocycles. The van der Waals surface area contributed by atoms with E-state index in [-0.39, 0.29) is 30.9 Å². The van der Waals surface area contributed by atoms with E-state index in [1.807, 2.05) is 54.6 Å². The van der Waals surface area contributed by atoms with Gasteiger partial charge >= 0.3 is 0 Å². The van der Waals surface area contributed by atoms with Crippen molar-refractivity contribution in [2.45, 2.75) is 18.0 Å². The number of aromatic nitrogens is 10. The van der Waals surface area contributed by atoms with Crippen LogP contribution in [0.3, 0.4) is 0 Å². The SMILES string of the molecule is COc1cc(-c2nc(Nc3ccc4[nH]ncc4c3)n[nH]2)ccc1OCC(=O)NC1CN(C(=O)Cc2cc(Nc3n[nH]c(-c4ccc(OCC5(N)COC5)cc4)n3)cc3cn[nH]c23)C1. The van der Waals surface area contributed by atoms with Gasteiger partial charge in [0.25, 0.3) is 5.91 Å². The summed E-state index contributed by atoms with van der Waals surface area (Å²) in [5, 5.41) is 39.9. The average Bonchev–Trinajstić information content (AvgIpc) is 4.11. The van der Waals surface area contributed by atoms with Gasteiger partial charge in [0, 0.05) is 46.4 Å². The summed E-state index contributed by atoms with van der Waals surface area (Å²) < 4.78 is 22.4. The number of nitrogens with zero attached hydrogens (tertiary/aromatic N) is 7. The third kappa shape index (κ3) is 8.49. The summed E-state index contributed by atoms with van der Waals surface area (Å²) in [7, 11) is 1.52. The maximum atomic E-state index is 13.4. The highest BCUT2D eigenvalue weighted by molar-refractivity contribution is 5.91. The molecule has 0 aliphatic carbocycles. The number of methoxy groups -OCH3 is 1. The molecule has 0 atom stereocenters. The number of aromatic amines is 4. The number of likely N-dealkylation sites (tertiary alicyclic amines) is 1. The number of ether oxygens (including phenoxy) is 4. The van der Waals surface area contributed by atoms with Gasteiger partial charge in [0.05, 0.1) is 61.8 Å². The second-order valence-electron chi connectivity index (χ2n) is 15.5. The fraction of sp³-hybridized carbons (Fsp3) is 0.238. The van der Waals surface area contributed by atoms with Gasteiger partial charge in [-0.05, 0) is 78.4 Å². The maximum absolute atomic E-state index is 13.4. The van der Waals surface area contributed by atoms with Crippen LogP contribution in [0.15, 0.2) is 85.2 Å². The third-order valence-corrected chi connectivity index (χ3v) is 10.7. The predicted octanol–water partition coefficient (Wildman–Crippen LogP) is 3.56. The Morgan fingerprint density at radius 1 is 0.810 bits per heavy atom. The normalized spacial score (nSPS) is 14.5. The molecule has 0 radical (unpaired) electrons. The van der Waals surface area contributed by atoms with Crippen molar-refractivity contribution in [1.29, 1.82) is 0 Å². The minimum Gasteiger partial charge on any atom is -0.493 e. The van der Waals surface area contributed by atoms with E-state index in [1.165, 1.54) is 7.11 Å². The molecule has 2 aliphatic rings. The van der Waals surface area contributed by atoms with Crippen molar-refractivity contribution < 1.29 is 28.5 Å². The van der Waals surface area contributed by atoms with Gasteiger partial charge in [-0.15, -0.1) is 10.2 Å². The summed E-state index contributed by atoms with van der Waals surface area (Å²) in [6, 6.07) is 22.1. The minimum atomic E-state index is -0.441. The lowest BCUT2D eigenvalue weighted by Gasteiger charge is -2.39. The summed E-state index contributed by atoms with van der Waals surface area (Å²) in [6.45, 7) is 1.84. The Bertz CT molecular complexity index is 2930. The number of amides is 2. The molecule has 63 heavy (non-hydrogen) atoms. The average molecular weight is 852 g/mol. The van der Waals surface area contributed by atoms with Gasteiger partial charge in [0.2, 0.25) is 17.8 Å². The lowest BCUT2D eigenvalue weighted by molar-refractivity contribution is -0.137. The summed E-state index contributed by atoms with van der Waals surface area (Å²) >= 11 is 0. The molecular formula is C42H41N15O6. The van der Waals surface area contributed by atoms with Gasteiger partial charge in [0.15, 0.2) is 29.8 Å². The number of H-pyrrole nitrogens is 4. The molecule has 0 unspecified atom stereocenters. The molecule has 10 rings (SSSR count). The van der Waals surface area contributed by atoms with Crippen molar-refractivity contribution in [3.05, 3.63) is 90.8 Å². The summed E-state index contributed by atoms with van der Waals surface area (Å²) in [5.74, 6) is 2.92. The Hall–Kier alpha value is -8.04. The molecule has 4 aromatic heterocycles. The van der Waals surface area contributed by atoms with Crippen molar-refractivity contribution in [3.8, 4) is 40.0 Å². The van der Waals surface area contributed by atoms with E-state index in [1.54, 1.807) is 35.5 Å². The standard InChI is InChI=1S/C42H41N15O6/c1-60-34-13-24(39-50-40(55-54-39)47-28-5-8-32-26(11-28)15-44-51-32)4-9-33(34)62-19-35(58)46-30-17-57(18-30)36(59)14-25-10-29(12-27-16-45-52-37(25)27)48-41-49-38(53-56-41)23-2-6-31(7-3-23)63-22-42(43)20-61-21-42/h2-13,15-16,30H,14,17-22,43H2,1H3,(H,44,51)(H,45,52)(H,46,58)(H2,47,50,54,55)(H2,48,49,53,56). The zero-order valence-electron chi connectivity index (χ0n) is 33.8. The molecule has 2 saturated heterocycles. The lowest BCUT2D eigenvalue weighted by atomic mass is 10.0. The fourth-order valence-electron chi connectivity index (χ4n) is 7.29. The van der Waals surface area contributed by atoms with Gasteiger partial charge in [-0.1, -0.05) is 0 Å². The fourth-order valence-corrected chi connectivity index (χ4v) is 7.29. The van der Waals surface area contributed by atoms with Crippen molar-refractivity contribution >= 4 is 56.9 Å². The Morgan fingerprint density at radius 2 is 1.52 bits per heavy atom. The lowest BCUT2D eigenvalue weighted by Crippen LogP contribution is -2.61. The second-order valence-corrected chi connectivity index (χ2v) is 15.5. The molecule has 21 nitrogen and oxygen atoms in total.